The molecular formula is C17H23NS2. The highest BCUT2D eigenvalue weighted by molar-refractivity contribution is 7.98. The van der Waals surface area contributed by atoms with E-state index in [-0.39, 0.29) is 0 Å². The number of hydrogen-bond acceptors (Lipinski definition) is 3. The van der Waals surface area contributed by atoms with E-state index in [1.54, 1.807) is 11.3 Å². The molecule has 1 N–H and O–H groups in total. The van der Waals surface area contributed by atoms with Gasteiger partial charge in [0.2, 0.25) is 0 Å². The Labute approximate surface area is 130 Å². The number of hydrogen-bond donors (Lipinski definition) is 1. The van der Waals surface area contributed by atoms with E-state index in [2.05, 4.69) is 54.2 Å². The van der Waals surface area contributed by atoms with Gasteiger partial charge in [0, 0.05) is 18.1 Å². The summed E-state index contributed by atoms with van der Waals surface area (Å²) in [6.45, 7) is 6.53. The Hall–Kier alpha value is -0.770. The lowest BCUT2D eigenvalue weighted by atomic mass is 10.1. The topological polar surface area (TPSA) is 12.0 Å². The van der Waals surface area contributed by atoms with E-state index in [1.807, 2.05) is 11.8 Å². The Kier molecular flexibility index (Phi) is 6.64. The number of aryl methyl sites for hydroxylation is 2. The molecular weight excluding hydrogens is 282 g/mol. The number of rotatable bonds is 8. The van der Waals surface area contributed by atoms with Crippen LogP contribution < -0.4 is 5.32 Å². The number of nitrogens with one attached hydrogen (secondary N) is 1. The first-order chi connectivity index (χ1) is 9.74. The fourth-order valence-corrected chi connectivity index (χ4v) is 3.82. The second kappa shape index (κ2) is 8.50. The van der Waals surface area contributed by atoms with Crippen LogP contribution in [0.3, 0.4) is 0 Å². The molecule has 20 heavy (non-hydrogen) atoms. The second-order valence-electron chi connectivity index (χ2n) is 5.18. The molecule has 0 spiro atoms. The smallest absolute Gasteiger partial charge is 0.0185 e. The minimum atomic E-state index is 1.08. The molecule has 0 atom stereocenters. The molecule has 1 heterocycles. The predicted octanol–water partition coefficient (Wildman–Crippen LogP) is 4.43. The van der Waals surface area contributed by atoms with Crippen molar-refractivity contribution in [3.8, 4) is 0 Å². The van der Waals surface area contributed by atoms with Gasteiger partial charge in [-0.1, -0.05) is 29.3 Å². The van der Waals surface area contributed by atoms with Crippen LogP contribution in [0.25, 0.3) is 0 Å². The van der Waals surface area contributed by atoms with Gasteiger partial charge in [-0.05, 0) is 54.8 Å². The molecule has 0 saturated heterocycles. The van der Waals surface area contributed by atoms with Gasteiger partial charge in [0.05, 0.1) is 0 Å². The third-order valence-electron chi connectivity index (χ3n) is 3.14. The van der Waals surface area contributed by atoms with E-state index in [1.165, 1.54) is 28.0 Å². The summed E-state index contributed by atoms with van der Waals surface area (Å²) in [5.41, 5.74) is 5.64. The van der Waals surface area contributed by atoms with Crippen molar-refractivity contribution >= 4 is 23.1 Å². The van der Waals surface area contributed by atoms with Crippen molar-refractivity contribution < 1.29 is 0 Å². The van der Waals surface area contributed by atoms with E-state index >= 15 is 0 Å². The molecule has 2 aromatic rings. The van der Waals surface area contributed by atoms with Gasteiger partial charge in [-0.15, -0.1) is 0 Å². The van der Waals surface area contributed by atoms with Crippen molar-refractivity contribution in [1.29, 1.82) is 0 Å². The molecule has 1 nitrogen and oxygen atoms in total. The van der Waals surface area contributed by atoms with E-state index < -0.39 is 0 Å². The van der Waals surface area contributed by atoms with Gasteiger partial charge in [0.15, 0.2) is 0 Å². The number of thioether (sulfide) groups is 1. The van der Waals surface area contributed by atoms with Crippen LogP contribution in [0.15, 0.2) is 35.0 Å². The van der Waals surface area contributed by atoms with E-state index in [0.717, 1.165) is 25.3 Å². The largest absolute Gasteiger partial charge is 0.316 e. The molecule has 1 aromatic carbocycles. The maximum atomic E-state index is 3.52. The molecule has 0 aliphatic carbocycles. The molecule has 3 heteroatoms. The summed E-state index contributed by atoms with van der Waals surface area (Å²) in [5, 5.41) is 7.90. The lowest BCUT2D eigenvalue weighted by molar-refractivity contribution is 0.722. The van der Waals surface area contributed by atoms with Crippen LogP contribution in [0.2, 0.25) is 0 Å². The SMILES string of the molecule is Cc1cc(C)cc(CSCCNCCc2ccsc2)c1. The highest BCUT2D eigenvalue weighted by atomic mass is 32.2. The average molecular weight is 306 g/mol. The van der Waals surface area contributed by atoms with Gasteiger partial charge in [-0.3, -0.25) is 0 Å². The molecule has 0 aliphatic heterocycles. The molecule has 0 bridgehead atoms. The van der Waals surface area contributed by atoms with Crippen LogP contribution in [0.5, 0.6) is 0 Å². The van der Waals surface area contributed by atoms with Gasteiger partial charge in [0.25, 0.3) is 0 Å². The average Bonchev–Trinajstić information content (AvgIpc) is 2.89. The lowest BCUT2D eigenvalue weighted by Crippen LogP contribution is -2.19. The summed E-state index contributed by atoms with van der Waals surface area (Å²) < 4.78 is 0. The summed E-state index contributed by atoms with van der Waals surface area (Å²) in [6, 6.07) is 9.04. The van der Waals surface area contributed by atoms with E-state index in [9.17, 15) is 0 Å². The molecule has 0 unspecified atom stereocenters. The first-order valence-corrected chi connectivity index (χ1v) is 9.20. The zero-order valence-electron chi connectivity index (χ0n) is 12.3. The Morgan fingerprint density at radius 1 is 1.05 bits per heavy atom. The standard InChI is InChI=1S/C17H23NS2/c1-14-9-15(2)11-17(10-14)13-20-8-6-18-5-3-16-4-7-19-12-16/h4,7,9-12,18H,3,5-6,8,13H2,1-2H3. The summed E-state index contributed by atoms with van der Waals surface area (Å²) in [5.74, 6) is 2.30. The summed E-state index contributed by atoms with van der Waals surface area (Å²) in [6.07, 6.45) is 1.14. The van der Waals surface area contributed by atoms with Crippen molar-refractivity contribution in [3.05, 3.63) is 57.3 Å². The summed E-state index contributed by atoms with van der Waals surface area (Å²) >= 11 is 3.79. The van der Waals surface area contributed by atoms with Crippen LogP contribution in [0, 0.1) is 13.8 Å². The maximum absolute atomic E-state index is 3.52. The van der Waals surface area contributed by atoms with Gasteiger partial charge in [-0.2, -0.15) is 23.1 Å². The van der Waals surface area contributed by atoms with Crippen molar-refractivity contribution in [1.82, 2.24) is 5.32 Å². The first kappa shape index (κ1) is 15.6. The van der Waals surface area contributed by atoms with Crippen LogP contribution in [0.4, 0.5) is 0 Å². The van der Waals surface area contributed by atoms with Crippen LogP contribution in [-0.4, -0.2) is 18.8 Å². The van der Waals surface area contributed by atoms with E-state index in [4.69, 9.17) is 0 Å². The second-order valence-corrected chi connectivity index (χ2v) is 7.07. The maximum Gasteiger partial charge on any atom is 0.0185 e. The molecule has 0 saturated carbocycles. The van der Waals surface area contributed by atoms with Crippen LogP contribution in [-0.2, 0) is 12.2 Å². The fraction of sp³-hybridized carbons (Fsp3) is 0.412. The van der Waals surface area contributed by atoms with Crippen molar-refractivity contribution in [3.63, 3.8) is 0 Å². The molecule has 0 aliphatic rings. The highest BCUT2D eigenvalue weighted by Gasteiger charge is 1.97. The lowest BCUT2D eigenvalue weighted by Gasteiger charge is -2.06. The Bertz CT molecular complexity index is 485. The fourth-order valence-electron chi connectivity index (χ4n) is 2.28. The molecule has 2 rings (SSSR count). The normalized spacial score (nSPS) is 10.9. The number of benzene rings is 1. The monoisotopic (exact) mass is 305 g/mol. The van der Waals surface area contributed by atoms with Gasteiger partial charge in [0.1, 0.15) is 0 Å². The Morgan fingerprint density at radius 2 is 1.85 bits per heavy atom. The van der Waals surface area contributed by atoms with Gasteiger partial charge < -0.3 is 5.32 Å². The molecule has 108 valence electrons. The predicted molar refractivity (Wildman–Crippen MR) is 93.0 cm³/mol. The molecule has 0 amide bonds. The first-order valence-electron chi connectivity index (χ1n) is 7.11. The molecule has 0 fully saturated rings. The molecule has 1 aromatic heterocycles. The van der Waals surface area contributed by atoms with Crippen LogP contribution >= 0.6 is 23.1 Å². The molecule has 0 radical (unpaired) electrons. The van der Waals surface area contributed by atoms with Crippen molar-refractivity contribution in [2.75, 3.05) is 18.8 Å². The van der Waals surface area contributed by atoms with E-state index in [0.29, 0.717) is 0 Å². The van der Waals surface area contributed by atoms with Gasteiger partial charge in [-0.25, -0.2) is 0 Å². The third kappa shape index (κ3) is 5.70. The van der Waals surface area contributed by atoms with Gasteiger partial charge >= 0.3 is 0 Å². The van der Waals surface area contributed by atoms with Crippen molar-refractivity contribution in [2.45, 2.75) is 26.0 Å². The zero-order chi connectivity index (χ0) is 14.2. The summed E-state index contributed by atoms with van der Waals surface area (Å²) in [4.78, 5) is 0. The Balaban J connectivity index is 1.55. The quantitative estimate of drug-likeness (QED) is 0.724. The highest BCUT2D eigenvalue weighted by Crippen LogP contribution is 2.15. The number of thiophene rings is 1. The minimum Gasteiger partial charge on any atom is -0.316 e. The third-order valence-corrected chi connectivity index (χ3v) is 4.91. The minimum absolute atomic E-state index is 1.08. The zero-order valence-corrected chi connectivity index (χ0v) is 13.9. The Morgan fingerprint density at radius 3 is 2.55 bits per heavy atom. The van der Waals surface area contributed by atoms with Crippen LogP contribution in [0.1, 0.15) is 22.3 Å². The summed E-state index contributed by atoms with van der Waals surface area (Å²) in [7, 11) is 0. The van der Waals surface area contributed by atoms with Crippen molar-refractivity contribution in [2.24, 2.45) is 0 Å².